The second-order valence-corrected chi connectivity index (χ2v) is 5.81. The van der Waals surface area contributed by atoms with Crippen LogP contribution in [0.25, 0.3) is 10.6 Å². The molecule has 1 aromatic carbocycles. The normalized spacial score (nSPS) is 10.6. The minimum absolute atomic E-state index is 0.238. The summed E-state index contributed by atoms with van der Waals surface area (Å²) in [6.07, 6.45) is 1.64. The fourth-order valence-corrected chi connectivity index (χ4v) is 3.08. The topological polar surface area (TPSA) is 81.9 Å². The Kier molecular flexibility index (Phi) is 4.85. The van der Waals surface area contributed by atoms with Crippen molar-refractivity contribution in [3.8, 4) is 16.3 Å². The van der Waals surface area contributed by atoms with E-state index in [0.29, 0.717) is 18.1 Å². The molecule has 0 saturated carbocycles. The van der Waals surface area contributed by atoms with Crippen LogP contribution in [0, 0.1) is 0 Å². The zero-order chi connectivity index (χ0) is 16.9. The van der Waals surface area contributed by atoms with Gasteiger partial charge in [0.25, 0.3) is 5.91 Å². The Morgan fingerprint density at radius 2 is 2.21 bits per heavy atom. The average Bonchev–Trinajstić information content (AvgIpc) is 3.28. The SMILES string of the molecule is CCn1cnnc1CNC(=O)c1csc(-c2ccccc2OC)n1. The van der Waals surface area contributed by atoms with E-state index in [-0.39, 0.29) is 5.91 Å². The second-order valence-electron chi connectivity index (χ2n) is 4.95. The minimum Gasteiger partial charge on any atom is -0.496 e. The van der Waals surface area contributed by atoms with Crippen LogP contribution in [0.2, 0.25) is 0 Å². The summed E-state index contributed by atoms with van der Waals surface area (Å²) in [6, 6.07) is 7.60. The number of nitrogens with one attached hydrogen (secondary N) is 1. The summed E-state index contributed by atoms with van der Waals surface area (Å²) in [7, 11) is 1.62. The molecule has 24 heavy (non-hydrogen) atoms. The van der Waals surface area contributed by atoms with Crippen molar-refractivity contribution in [1.29, 1.82) is 0 Å². The third-order valence-corrected chi connectivity index (χ3v) is 4.39. The highest BCUT2D eigenvalue weighted by atomic mass is 32.1. The molecule has 2 heterocycles. The van der Waals surface area contributed by atoms with Crippen LogP contribution in [0.3, 0.4) is 0 Å². The number of nitrogens with zero attached hydrogens (tertiary/aromatic N) is 4. The number of para-hydroxylation sites is 1. The van der Waals surface area contributed by atoms with Crippen LogP contribution in [0.15, 0.2) is 36.0 Å². The molecule has 124 valence electrons. The number of amides is 1. The van der Waals surface area contributed by atoms with Gasteiger partial charge in [-0.1, -0.05) is 12.1 Å². The first-order chi connectivity index (χ1) is 11.7. The molecule has 1 amide bonds. The molecule has 3 rings (SSSR count). The van der Waals surface area contributed by atoms with Gasteiger partial charge in [-0.15, -0.1) is 21.5 Å². The van der Waals surface area contributed by atoms with Crippen LogP contribution < -0.4 is 10.1 Å². The molecule has 0 bridgehead atoms. The Balaban J connectivity index is 1.72. The van der Waals surface area contributed by atoms with Crippen LogP contribution in [-0.2, 0) is 13.1 Å². The van der Waals surface area contributed by atoms with Gasteiger partial charge in [-0.2, -0.15) is 0 Å². The Morgan fingerprint density at radius 3 is 3.00 bits per heavy atom. The summed E-state index contributed by atoms with van der Waals surface area (Å²) in [5.74, 6) is 1.21. The number of carbonyl (C=O) groups excluding carboxylic acids is 1. The van der Waals surface area contributed by atoms with Crippen LogP contribution in [-0.4, -0.2) is 32.8 Å². The lowest BCUT2D eigenvalue weighted by molar-refractivity contribution is 0.0945. The number of thiazole rings is 1. The highest BCUT2D eigenvalue weighted by Gasteiger charge is 2.15. The van der Waals surface area contributed by atoms with E-state index in [0.717, 1.165) is 22.9 Å². The average molecular weight is 343 g/mol. The summed E-state index contributed by atoms with van der Waals surface area (Å²) in [6.45, 7) is 3.07. The molecular weight excluding hydrogens is 326 g/mol. The minimum atomic E-state index is -0.238. The first kappa shape index (κ1) is 16.1. The first-order valence-electron chi connectivity index (χ1n) is 7.46. The number of rotatable bonds is 6. The van der Waals surface area contributed by atoms with Gasteiger partial charge in [0.2, 0.25) is 0 Å². The molecule has 0 aliphatic rings. The molecule has 2 aromatic heterocycles. The van der Waals surface area contributed by atoms with E-state index in [4.69, 9.17) is 4.74 Å². The highest BCUT2D eigenvalue weighted by molar-refractivity contribution is 7.13. The van der Waals surface area contributed by atoms with Crippen LogP contribution >= 0.6 is 11.3 Å². The van der Waals surface area contributed by atoms with Crippen LogP contribution in [0.1, 0.15) is 23.2 Å². The third-order valence-electron chi connectivity index (χ3n) is 3.52. The number of hydrogen-bond donors (Lipinski definition) is 1. The maximum atomic E-state index is 12.3. The molecule has 0 fully saturated rings. The summed E-state index contributed by atoms with van der Waals surface area (Å²) < 4.78 is 7.22. The fraction of sp³-hybridized carbons (Fsp3) is 0.250. The lowest BCUT2D eigenvalue weighted by Crippen LogP contribution is -2.25. The number of aromatic nitrogens is 4. The van der Waals surface area contributed by atoms with Gasteiger partial charge in [-0.25, -0.2) is 4.98 Å². The fourth-order valence-electron chi connectivity index (χ4n) is 2.25. The quantitative estimate of drug-likeness (QED) is 0.743. The molecule has 0 radical (unpaired) electrons. The number of aryl methyl sites for hydroxylation is 1. The van der Waals surface area contributed by atoms with Crippen LogP contribution in [0.4, 0.5) is 0 Å². The van der Waals surface area contributed by atoms with Crippen molar-refractivity contribution in [3.05, 3.63) is 47.5 Å². The number of benzene rings is 1. The van der Waals surface area contributed by atoms with Crippen molar-refractivity contribution in [2.75, 3.05) is 7.11 Å². The number of carbonyl (C=O) groups is 1. The summed E-state index contributed by atoms with van der Waals surface area (Å²) >= 11 is 1.41. The monoisotopic (exact) mass is 343 g/mol. The molecule has 0 aliphatic carbocycles. The lowest BCUT2D eigenvalue weighted by atomic mass is 10.2. The highest BCUT2D eigenvalue weighted by Crippen LogP contribution is 2.31. The molecule has 7 nitrogen and oxygen atoms in total. The maximum Gasteiger partial charge on any atom is 0.271 e. The van der Waals surface area contributed by atoms with Gasteiger partial charge in [0.05, 0.1) is 19.2 Å². The molecule has 0 atom stereocenters. The zero-order valence-corrected chi connectivity index (χ0v) is 14.2. The van der Waals surface area contributed by atoms with E-state index in [1.165, 1.54) is 11.3 Å². The van der Waals surface area contributed by atoms with Gasteiger partial charge in [0, 0.05) is 11.9 Å². The van der Waals surface area contributed by atoms with Crippen molar-refractivity contribution in [2.45, 2.75) is 20.0 Å². The van der Waals surface area contributed by atoms with Gasteiger partial charge in [-0.05, 0) is 19.1 Å². The van der Waals surface area contributed by atoms with E-state index < -0.39 is 0 Å². The van der Waals surface area contributed by atoms with E-state index in [2.05, 4.69) is 20.5 Å². The molecule has 0 unspecified atom stereocenters. The largest absolute Gasteiger partial charge is 0.496 e. The Morgan fingerprint density at radius 1 is 1.38 bits per heavy atom. The molecule has 3 aromatic rings. The molecule has 0 spiro atoms. The van der Waals surface area contributed by atoms with Crippen molar-refractivity contribution < 1.29 is 9.53 Å². The Hall–Kier alpha value is -2.74. The van der Waals surface area contributed by atoms with Crippen LogP contribution in [0.5, 0.6) is 5.75 Å². The van der Waals surface area contributed by atoms with Crippen molar-refractivity contribution in [2.24, 2.45) is 0 Å². The predicted octanol–water partition coefficient (Wildman–Crippen LogP) is 2.36. The number of ether oxygens (including phenoxy) is 1. The third kappa shape index (κ3) is 3.28. The summed E-state index contributed by atoms with van der Waals surface area (Å²) in [4.78, 5) is 16.7. The molecule has 1 N–H and O–H groups in total. The summed E-state index contributed by atoms with van der Waals surface area (Å²) in [5, 5.41) is 13.1. The smallest absolute Gasteiger partial charge is 0.271 e. The van der Waals surface area contributed by atoms with Gasteiger partial charge >= 0.3 is 0 Å². The number of methoxy groups -OCH3 is 1. The summed E-state index contributed by atoms with van der Waals surface area (Å²) in [5.41, 5.74) is 1.25. The molecule has 8 heteroatoms. The van der Waals surface area contributed by atoms with E-state index in [1.54, 1.807) is 18.8 Å². The zero-order valence-electron chi connectivity index (χ0n) is 13.4. The molecule has 0 saturated heterocycles. The van der Waals surface area contributed by atoms with Crippen molar-refractivity contribution in [1.82, 2.24) is 25.1 Å². The van der Waals surface area contributed by atoms with Crippen molar-refractivity contribution in [3.63, 3.8) is 0 Å². The molecule has 0 aliphatic heterocycles. The Labute approximate surface area is 143 Å². The second kappa shape index (κ2) is 7.22. The van der Waals surface area contributed by atoms with Gasteiger partial charge in [0.15, 0.2) is 5.82 Å². The molecular formula is C16H17N5O2S. The van der Waals surface area contributed by atoms with Crippen molar-refractivity contribution >= 4 is 17.2 Å². The lowest BCUT2D eigenvalue weighted by Gasteiger charge is -2.05. The van der Waals surface area contributed by atoms with Gasteiger partial charge in [-0.3, -0.25) is 4.79 Å². The van der Waals surface area contributed by atoms with E-state index >= 15 is 0 Å². The predicted molar refractivity (Wildman–Crippen MR) is 91.0 cm³/mol. The van der Waals surface area contributed by atoms with E-state index in [1.807, 2.05) is 35.8 Å². The first-order valence-corrected chi connectivity index (χ1v) is 8.34. The number of hydrogen-bond acceptors (Lipinski definition) is 6. The van der Waals surface area contributed by atoms with Gasteiger partial charge in [0.1, 0.15) is 22.8 Å². The standard InChI is InChI=1S/C16H17N5O2S/c1-3-21-10-18-20-14(21)8-17-15(22)12-9-24-16(19-12)11-6-4-5-7-13(11)23-2/h4-7,9-10H,3,8H2,1-2H3,(H,17,22). The van der Waals surface area contributed by atoms with E-state index in [9.17, 15) is 4.79 Å². The maximum absolute atomic E-state index is 12.3. The Bertz CT molecular complexity index is 842. The van der Waals surface area contributed by atoms with Gasteiger partial charge < -0.3 is 14.6 Å².